The van der Waals surface area contributed by atoms with E-state index < -0.39 is 0 Å². The Morgan fingerprint density at radius 2 is 2.17 bits per heavy atom. The van der Waals surface area contributed by atoms with E-state index >= 15 is 0 Å². The SMILES string of the molecule is O=C(CCC1CCCC1)Nc1cnn(Cc2cccc(Cl)c2)c1. The first-order valence-corrected chi connectivity index (χ1v) is 8.63. The summed E-state index contributed by atoms with van der Waals surface area (Å²) in [7, 11) is 0. The molecule has 23 heavy (non-hydrogen) atoms. The molecule has 0 atom stereocenters. The molecular formula is C18H22ClN3O. The average molecular weight is 332 g/mol. The predicted octanol–water partition coefficient (Wildman–Crippen LogP) is 4.49. The van der Waals surface area contributed by atoms with Gasteiger partial charge in [-0.25, -0.2) is 0 Å². The number of carbonyl (C=O) groups excluding carboxylic acids is 1. The van der Waals surface area contributed by atoms with Gasteiger partial charge in [-0.3, -0.25) is 9.48 Å². The van der Waals surface area contributed by atoms with Gasteiger partial charge in [-0.05, 0) is 30.0 Å². The fraction of sp³-hybridized carbons (Fsp3) is 0.444. The van der Waals surface area contributed by atoms with Gasteiger partial charge in [0.05, 0.1) is 18.4 Å². The molecule has 0 spiro atoms. The average Bonchev–Trinajstić information content (AvgIpc) is 3.17. The Hall–Kier alpha value is -1.81. The summed E-state index contributed by atoms with van der Waals surface area (Å²) in [5, 5.41) is 7.94. The minimum atomic E-state index is 0.0826. The number of hydrogen-bond acceptors (Lipinski definition) is 2. The lowest BCUT2D eigenvalue weighted by Gasteiger charge is -2.08. The predicted molar refractivity (Wildman–Crippen MR) is 92.6 cm³/mol. The zero-order valence-corrected chi connectivity index (χ0v) is 13.9. The first-order chi connectivity index (χ1) is 11.2. The monoisotopic (exact) mass is 331 g/mol. The number of nitrogens with zero attached hydrogens (tertiary/aromatic N) is 2. The highest BCUT2D eigenvalue weighted by molar-refractivity contribution is 6.30. The lowest BCUT2D eigenvalue weighted by Crippen LogP contribution is -2.12. The van der Waals surface area contributed by atoms with E-state index in [1.807, 2.05) is 30.5 Å². The molecule has 0 bridgehead atoms. The van der Waals surface area contributed by atoms with Gasteiger partial charge in [0, 0.05) is 17.6 Å². The zero-order valence-electron chi connectivity index (χ0n) is 13.2. The summed E-state index contributed by atoms with van der Waals surface area (Å²) in [6.45, 7) is 0.637. The van der Waals surface area contributed by atoms with E-state index in [1.54, 1.807) is 10.9 Å². The van der Waals surface area contributed by atoms with Crippen molar-refractivity contribution in [2.24, 2.45) is 5.92 Å². The molecule has 0 saturated heterocycles. The summed E-state index contributed by atoms with van der Waals surface area (Å²) in [5.41, 5.74) is 1.84. The van der Waals surface area contributed by atoms with Crippen molar-refractivity contribution >= 4 is 23.2 Å². The molecule has 122 valence electrons. The van der Waals surface area contributed by atoms with E-state index in [0.717, 1.165) is 28.6 Å². The topological polar surface area (TPSA) is 46.9 Å². The molecule has 1 fully saturated rings. The Morgan fingerprint density at radius 1 is 1.35 bits per heavy atom. The van der Waals surface area contributed by atoms with Gasteiger partial charge in [-0.2, -0.15) is 5.10 Å². The van der Waals surface area contributed by atoms with Crippen LogP contribution in [0, 0.1) is 5.92 Å². The van der Waals surface area contributed by atoms with Crippen molar-refractivity contribution in [3.8, 4) is 0 Å². The van der Waals surface area contributed by atoms with Crippen molar-refractivity contribution in [3.63, 3.8) is 0 Å². The van der Waals surface area contributed by atoms with Gasteiger partial charge in [-0.1, -0.05) is 49.4 Å². The highest BCUT2D eigenvalue weighted by Crippen LogP contribution is 2.28. The number of halogens is 1. The number of carbonyl (C=O) groups is 1. The Morgan fingerprint density at radius 3 is 2.96 bits per heavy atom. The van der Waals surface area contributed by atoms with Crippen molar-refractivity contribution < 1.29 is 4.79 Å². The third-order valence-electron chi connectivity index (χ3n) is 4.40. The van der Waals surface area contributed by atoms with Crippen molar-refractivity contribution in [2.75, 3.05) is 5.32 Å². The largest absolute Gasteiger partial charge is 0.323 e. The molecule has 5 heteroatoms. The summed E-state index contributed by atoms with van der Waals surface area (Å²) < 4.78 is 1.80. The molecule has 0 radical (unpaired) electrons. The summed E-state index contributed by atoms with van der Waals surface area (Å²) in [5.74, 6) is 0.825. The number of aromatic nitrogens is 2. The molecule has 1 aromatic heterocycles. The lowest BCUT2D eigenvalue weighted by atomic mass is 10.0. The van der Waals surface area contributed by atoms with E-state index in [4.69, 9.17) is 11.6 Å². The van der Waals surface area contributed by atoms with Crippen LogP contribution in [0.15, 0.2) is 36.7 Å². The summed E-state index contributed by atoms with van der Waals surface area (Å²) in [4.78, 5) is 12.0. The van der Waals surface area contributed by atoms with E-state index in [0.29, 0.717) is 13.0 Å². The molecular weight excluding hydrogens is 310 g/mol. The van der Waals surface area contributed by atoms with E-state index in [-0.39, 0.29) is 5.91 Å². The number of amides is 1. The molecule has 3 rings (SSSR count). The summed E-state index contributed by atoms with van der Waals surface area (Å²) in [6, 6.07) is 7.70. The van der Waals surface area contributed by atoms with Gasteiger partial charge in [0.1, 0.15) is 0 Å². The number of benzene rings is 1. The molecule has 0 unspecified atom stereocenters. The quantitative estimate of drug-likeness (QED) is 0.847. The van der Waals surface area contributed by atoms with Gasteiger partial charge in [0.2, 0.25) is 5.91 Å². The smallest absolute Gasteiger partial charge is 0.224 e. The van der Waals surface area contributed by atoms with Crippen molar-refractivity contribution in [1.82, 2.24) is 9.78 Å². The Labute approximate surface area is 141 Å². The molecule has 2 aromatic rings. The fourth-order valence-corrected chi connectivity index (χ4v) is 3.41. The molecule has 1 amide bonds. The third kappa shape index (κ3) is 4.83. The first kappa shape index (κ1) is 16.1. The van der Waals surface area contributed by atoms with Crippen LogP contribution in [0.5, 0.6) is 0 Å². The number of rotatable bonds is 6. The van der Waals surface area contributed by atoms with Crippen LogP contribution in [0.4, 0.5) is 5.69 Å². The van der Waals surface area contributed by atoms with Gasteiger partial charge >= 0.3 is 0 Å². The molecule has 0 aliphatic heterocycles. The van der Waals surface area contributed by atoms with E-state index in [1.165, 1.54) is 25.7 Å². The first-order valence-electron chi connectivity index (χ1n) is 8.26. The Bertz CT molecular complexity index is 662. The highest BCUT2D eigenvalue weighted by atomic mass is 35.5. The van der Waals surface area contributed by atoms with Gasteiger partial charge in [-0.15, -0.1) is 0 Å². The van der Waals surface area contributed by atoms with Crippen LogP contribution in [0.2, 0.25) is 5.02 Å². The maximum Gasteiger partial charge on any atom is 0.224 e. The van der Waals surface area contributed by atoms with Crippen LogP contribution in [-0.2, 0) is 11.3 Å². The van der Waals surface area contributed by atoms with E-state index in [2.05, 4.69) is 10.4 Å². The number of nitrogens with one attached hydrogen (secondary N) is 1. The minimum Gasteiger partial charge on any atom is -0.323 e. The molecule has 1 aliphatic rings. The van der Waals surface area contributed by atoms with Crippen molar-refractivity contribution in [2.45, 2.75) is 45.1 Å². The number of hydrogen-bond donors (Lipinski definition) is 1. The van der Waals surface area contributed by atoms with E-state index in [9.17, 15) is 4.79 Å². The van der Waals surface area contributed by atoms with Crippen LogP contribution in [0.25, 0.3) is 0 Å². The minimum absolute atomic E-state index is 0.0826. The highest BCUT2D eigenvalue weighted by Gasteiger charge is 2.16. The normalized spacial score (nSPS) is 15.0. The molecule has 1 saturated carbocycles. The third-order valence-corrected chi connectivity index (χ3v) is 4.64. The second-order valence-corrected chi connectivity index (χ2v) is 6.73. The van der Waals surface area contributed by atoms with Gasteiger partial charge < -0.3 is 5.32 Å². The second-order valence-electron chi connectivity index (χ2n) is 6.29. The molecule has 1 N–H and O–H groups in total. The fourth-order valence-electron chi connectivity index (χ4n) is 3.19. The second kappa shape index (κ2) is 7.64. The molecule has 1 aromatic carbocycles. The molecule has 4 nitrogen and oxygen atoms in total. The summed E-state index contributed by atoms with van der Waals surface area (Å²) in [6.07, 6.45) is 10.4. The summed E-state index contributed by atoms with van der Waals surface area (Å²) >= 11 is 5.99. The Kier molecular flexibility index (Phi) is 5.34. The Balaban J connectivity index is 1.49. The number of anilines is 1. The maximum absolute atomic E-state index is 12.0. The van der Waals surface area contributed by atoms with Gasteiger partial charge in [0.15, 0.2) is 0 Å². The molecule has 1 aliphatic carbocycles. The van der Waals surface area contributed by atoms with Crippen LogP contribution >= 0.6 is 11.6 Å². The van der Waals surface area contributed by atoms with Crippen LogP contribution in [-0.4, -0.2) is 15.7 Å². The van der Waals surface area contributed by atoms with Crippen molar-refractivity contribution in [3.05, 3.63) is 47.2 Å². The van der Waals surface area contributed by atoms with Crippen LogP contribution in [0.1, 0.15) is 44.1 Å². The molecule has 1 heterocycles. The van der Waals surface area contributed by atoms with Crippen molar-refractivity contribution in [1.29, 1.82) is 0 Å². The lowest BCUT2D eigenvalue weighted by molar-refractivity contribution is -0.116. The maximum atomic E-state index is 12.0. The zero-order chi connectivity index (χ0) is 16.1. The van der Waals surface area contributed by atoms with Crippen LogP contribution in [0.3, 0.4) is 0 Å². The standard InChI is InChI=1S/C18H22ClN3O/c19-16-7-3-6-15(10-16)12-22-13-17(11-20-22)21-18(23)9-8-14-4-1-2-5-14/h3,6-7,10-11,13-14H,1-2,4-5,8-9,12H2,(H,21,23). The van der Waals surface area contributed by atoms with Crippen LogP contribution < -0.4 is 5.32 Å². The van der Waals surface area contributed by atoms with Gasteiger partial charge in [0.25, 0.3) is 0 Å².